The van der Waals surface area contributed by atoms with Crippen molar-refractivity contribution in [2.75, 3.05) is 0 Å². The number of rotatable bonds is 2. The summed E-state index contributed by atoms with van der Waals surface area (Å²) in [6.07, 6.45) is 33.7. The summed E-state index contributed by atoms with van der Waals surface area (Å²) in [7, 11) is 0. The van der Waals surface area contributed by atoms with E-state index in [0.717, 1.165) is 94.7 Å². The van der Waals surface area contributed by atoms with Crippen molar-refractivity contribution < 1.29 is 0 Å². The lowest BCUT2D eigenvalue weighted by Gasteiger charge is -2.53. The van der Waals surface area contributed by atoms with Gasteiger partial charge in [-0.2, -0.15) is 10.5 Å². The van der Waals surface area contributed by atoms with Crippen molar-refractivity contribution in [3.05, 3.63) is 0 Å². The summed E-state index contributed by atoms with van der Waals surface area (Å²) >= 11 is 0. The molecule has 14 unspecified atom stereocenters. The highest BCUT2D eigenvalue weighted by Crippen LogP contribution is 2.68. The predicted octanol–water partition coefficient (Wildman–Crippen LogP) is 11.2. The third-order valence-corrected chi connectivity index (χ3v) is 18.1. The minimum absolute atomic E-state index is 0.345. The molecule has 9 rings (SSSR count). The standard InChI is InChI=1S/C43H64N2/c44-24-26-11-15-28(16-12-26)37-20-31-19-32-21-41-35-9-3-5-30-6-4-10-36(43(30)35)42(41)23-40(32)38(29-17-13-27(25-45)14-18-29)22-39(31)34-8-2-1-7-33(34)37/h26-43H,1-23H2. The predicted molar refractivity (Wildman–Crippen MR) is 180 cm³/mol. The summed E-state index contributed by atoms with van der Waals surface area (Å²) in [5.74, 6) is 17.1. The number of nitrogens with zero attached hydrogens (tertiary/aromatic N) is 2. The zero-order valence-corrected chi connectivity index (χ0v) is 28.6. The van der Waals surface area contributed by atoms with Crippen LogP contribution >= 0.6 is 0 Å². The first kappa shape index (κ1) is 30.1. The Kier molecular flexibility index (Phi) is 8.32. The van der Waals surface area contributed by atoms with Crippen LogP contribution in [0.2, 0.25) is 0 Å². The van der Waals surface area contributed by atoms with Gasteiger partial charge in [0.05, 0.1) is 12.1 Å². The largest absolute Gasteiger partial charge is 0.198 e. The van der Waals surface area contributed by atoms with Gasteiger partial charge in [0.15, 0.2) is 0 Å². The fourth-order valence-corrected chi connectivity index (χ4v) is 16.6. The van der Waals surface area contributed by atoms with Crippen LogP contribution in [0.25, 0.3) is 0 Å². The summed E-state index contributed by atoms with van der Waals surface area (Å²) in [5, 5.41) is 19.4. The molecule has 9 aliphatic rings. The minimum Gasteiger partial charge on any atom is -0.198 e. The maximum Gasteiger partial charge on any atom is 0.0655 e. The maximum absolute atomic E-state index is 9.79. The average Bonchev–Trinajstić information content (AvgIpc) is 3.31. The molecule has 0 aromatic carbocycles. The number of fused-ring (bicyclic) bond motifs is 7. The maximum atomic E-state index is 9.79. The van der Waals surface area contributed by atoms with Gasteiger partial charge in [-0.25, -0.2) is 0 Å². The number of nitriles is 2. The molecule has 2 nitrogen and oxygen atoms in total. The third-order valence-electron chi connectivity index (χ3n) is 18.1. The smallest absolute Gasteiger partial charge is 0.0655 e. The third kappa shape index (κ3) is 5.19. The van der Waals surface area contributed by atoms with E-state index in [1.165, 1.54) is 77.0 Å². The molecule has 0 spiro atoms. The van der Waals surface area contributed by atoms with Gasteiger partial charge in [0.25, 0.3) is 0 Å². The monoisotopic (exact) mass is 609 g/mol. The second-order valence-corrected chi connectivity index (χ2v) is 19.3. The molecule has 0 radical (unpaired) electrons. The zero-order chi connectivity index (χ0) is 30.1. The first-order valence-corrected chi connectivity index (χ1v) is 21.0. The molecular formula is C43H64N2. The summed E-state index contributed by atoms with van der Waals surface area (Å²) in [6, 6.07) is 5.33. The van der Waals surface area contributed by atoms with E-state index < -0.39 is 0 Å². The molecule has 0 amide bonds. The molecule has 0 heterocycles. The second-order valence-electron chi connectivity index (χ2n) is 19.3. The van der Waals surface area contributed by atoms with Crippen molar-refractivity contribution in [2.24, 2.45) is 107 Å². The fraction of sp³-hybridized carbons (Fsp3) is 0.953. The molecule has 0 bridgehead atoms. The van der Waals surface area contributed by atoms with Crippen molar-refractivity contribution in [3.63, 3.8) is 0 Å². The van der Waals surface area contributed by atoms with Crippen molar-refractivity contribution in [2.45, 2.75) is 148 Å². The summed E-state index contributed by atoms with van der Waals surface area (Å²) in [5.41, 5.74) is 0. The summed E-state index contributed by atoms with van der Waals surface area (Å²) in [6.45, 7) is 0. The Morgan fingerprint density at radius 2 is 0.711 bits per heavy atom. The molecule has 246 valence electrons. The lowest BCUT2D eigenvalue weighted by atomic mass is 9.52. The van der Waals surface area contributed by atoms with Crippen LogP contribution in [0, 0.1) is 129 Å². The Morgan fingerprint density at radius 3 is 1.27 bits per heavy atom. The highest BCUT2D eigenvalue weighted by molar-refractivity contribution is 5.09. The van der Waals surface area contributed by atoms with Gasteiger partial charge in [-0.1, -0.05) is 38.5 Å². The van der Waals surface area contributed by atoms with Crippen LogP contribution < -0.4 is 0 Å². The Bertz CT molecular complexity index is 1130. The van der Waals surface area contributed by atoms with E-state index in [-0.39, 0.29) is 0 Å². The molecule has 0 N–H and O–H groups in total. The second kappa shape index (κ2) is 12.5. The van der Waals surface area contributed by atoms with Crippen LogP contribution in [0.5, 0.6) is 0 Å². The van der Waals surface area contributed by atoms with Gasteiger partial charge in [-0.3, -0.25) is 0 Å². The van der Waals surface area contributed by atoms with Crippen LogP contribution in [-0.4, -0.2) is 0 Å². The molecule has 2 heteroatoms. The molecule has 9 saturated carbocycles. The van der Waals surface area contributed by atoms with Crippen molar-refractivity contribution >= 4 is 0 Å². The lowest BCUT2D eigenvalue weighted by Crippen LogP contribution is -2.45. The molecule has 0 aliphatic heterocycles. The van der Waals surface area contributed by atoms with Crippen molar-refractivity contribution in [1.82, 2.24) is 0 Å². The van der Waals surface area contributed by atoms with Gasteiger partial charge in [0.1, 0.15) is 0 Å². The van der Waals surface area contributed by atoms with Crippen LogP contribution in [0.15, 0.2) is 0 Å². The number of hydrogen-bond acceptors (Lipinski definition) is 2. The normalized spacial score (nSPS) is 55.7. The van der Waals surface area contributed by atoms with E-state index in [1.807, 2.05) is 0 Å². The molecule has 14 atom stereocenters. The minimum atomic E-state index is 0.345. The first-order valence-electron chi connectivity index (χ1n) is 21.0. The zero-order valence-electron chi connectivity index (χ0n) is 28.6. The summed E-state index contributed by atoms with van der Waals surface area (Å²) < 4.78 is 0. The van der Waals surface area contributed by atoms with Crippen LogP contribution in [0.4, 0.5) is 0 Å². The van der Waals surface area contributed by atoms with Gasteiger partial charge in [0.2, 0.25) is 0 Å². The molecule has 45 heavy (non-hydrogen) atoms. The van der Waals surface area contributed by atoms with Gasteiger partial charge >= 0.3 is 0 Å². The molecule has 9 fully saturated rings. The first-order chi connectivity index (χ1) is 22.2. The summed E-state index contributed by atoms with van der Waals surface area (Å²) in [4.78, 5) is 0. The van der Waals surface area contributed by atoms with Crippen molar-refractivity contribution in [3.8, 4) is 12.1 Å². The van der Waals surface area contributed by atoms with Gasteiger partial charge in [-0.15, -0.1) is 0 Å². The Labute approximate surface area is 276 Å². The Hall–Kier alpha value is -1.02. The molecule has 0 saturated heterocycles. The highest BCUT2D eigenvalue weighted by atomic mass is 14.6. The van der Waals surface area contributed by atoms with Gasteiger partial charge in [0, 0.05) is 11.8 Å². The molecular weight excluding hydrogens is 544 g/mol. The lowest BCUT2D eigenvalue weighted by molar-refractivity contribution is -0.0376. The Balaban J connectivity index is 1.03. The van der Waals surface area contributed by atoms with E-state index in [0.29, 0.717) is 11.8 Å². The van der Waals surface area contributed by atoms with E-state index in [9.17, 15) is 10.5 Å². The molecule has 0 aromatic heterocycles. The van der Waals surface area contributed by atoms with Crippen LogP contribution in [-0.2, 0) is 0 Å². The van der Waals surface area contributed by atoms with Gasteiger partial charge < -0.3 is 0 Å². The van der Waals surface area contributed by atoms with E-state index in [2.05, 4.69) is 12.1 Å². The van der Waals surface area contributed by atoms with Gasteiger partial charge in [-0.05, 0) is 204 Å². The average molecular weight is 609 g/mol. The SMILES string of the molecule is N#CC1CCC(C2CC3C(CC4CC5C(CC42)C2CCCC4CCCC5C42)CC(C2CCC(C#N)CC2)C2CCCCC32)CC1. The molecule has 9 aliphatic carbocycles. The van der Waals surface area contributed by atoms with Crippen LogP contribution in [0.1, 0.15) is 148 Å². The quantitative estimate of drug-likeness (QED) is 0.313. The van der Waals surface area contributed by atoms with E-state index >= 15 is 0 Å². The van der Waals surface area contributed by atoms with E-state index in [4.69, 9.17) is 0 Å². The van der Waals surface area contributed by atoms with E-state index in [1.54, 1.807) is 70.6 Å². The topological polar surface area (TPSA) is 47.6 Å². The van der Waals surface area contributed by atoms with Crippen LogP contribution in [0.3, 0.4) is 0 Å². The highest BCUT2D eigenvalue weighted by Gasteiger charge is 2.60. The fourth-order valence-electron chi connectivity index (χ4n) is 16.6. The molecule has 0 aromatic rings. The van der Waals surface area contributed by atoms with Crippen molar-refractivity contribution in [1.29, 1.82) is 10.5 Å². The Morgan fingerprint density at radius 1 is 0.289 bits per heavy atom. The number of hydrogen-bond donors (Lipinski definition) is 0.